The van der Waals surface area contributed by atoms with Crippen LogP contribution in [0.1, 0.15) is 18.4 Å². The maximum absolute atomic E-state index is 10.9. The summed E-state index contributed by atoms with van der Waals surface area (Å²) in [6.07, 6.45) is 2.23. The van der Waals surface area contributed by atoms with Gasteiger partial charge in [-0.1, -0.05) is 11.6 Å². The van der Waals surface area contributed by atoms with Crippen LogP contribution in [-0.2, 0) is 11.3 Å². The minimum atomic E-state index is -0.378. The number of hydrogen-bond acceptors (Lipinski definition) is 4. The van der Waals surface area contributed by atoms with Gasteiger partial charge in [0.1, 0.15) is 0 Å². The van der Waals surface area contributed by atoms with Crippen molar-refractivity contribution in [2.45, 2.75) is 19.4 Å². The molecule has 6 heteroatoms. The number of halogens is 1. The highest BCUT2D eigenvalue weighted by molar-refractivity contribution is 6.30. The lowest BCUT2D eigenvalue weighted by molar-refractivity contribution is -0.385. The van der Waals surface area contributed by atoms with Crippen LogP contribution in [0.4, 0.5) is 5.69 Å². The molecule has 5 nitrogen and oxygen atoms in total. The minimum Gasteiger partial charge on any atom is -0.381 e. The van der Waals surface area contributed by atoms with E-state index in [1.54, 1.807) is 6.07 Å². The largest absolute Gasteiger partial charge is 0.381 e. The summed E-state index contributed by atoms with van der Waals surface area (Å²) >= 11 is 5.88. The minimum absolute atomic E-state index is 0.108. The highest BCUT2D eigenvalue weighted by Gasteiger charge is 2.16. The van der Waals surface area contributed by atoms with E-state index in [0.29, 0.717) is 23.0 Å². The Morgan fingerprint density at radius 3 is 3.05 bits per heavy atom. The lowest BCUT2D eigenvalue weighted by Crippen LogP contribution is -2.29. The van der Waals surface area contributed by atoms with Crippen LogP contribution in [0.2, 0.25) is 5.02 Å². The van der Waals surface area contributed by atoms with E-state index >= 15 is 0 Å². The van der Waals surface area contributed by atoms with Gasteiger partial charge in [0.2, 0.25) is 0 Å². The van der Waals surface area contributed by atoms with Gasteiger partial charge in [-0.15, -0.1) is 0 Å². The van der Waals surface area contributed by atoms with Gasteiger partial charge in [-0.05, 0) is 30.9 Å². The summed E-state index contributed by atoms with van der Waals surface area (Å²) in [6, 6.07) is 4.63. The van der Waals surface area contributed by atoms with Gasteiger partial charge in [-0.25, -0.2) is 0 Å². The second-order valence-electron chi connectivity index (χ2n) is 4.74. The van der Waals surface area contributed by atoms with Crippen LogP contribution < -0.4 is 5.32 Å². The molecule has 1 aliphatic rings. The van der Waals surface area contributed by atoms with E-state index in [1.165, 1.54) is 12.1 Å². The number of nitrogens with zero attached hydrogens (tertiary/aromatic N) is 1. The molecule has 1 N–H and O–H groups in total. The van der Waals surface area contributed by atoms with E-state index in [4.69, 9.17) is 16.3 Å². The van der Waals surface area contributed by atoms with Crippen LogP contribution in [0.25, 0.3) is 0 Å². The first-order valence-corrected chi connectivity index (χ1v) is 6.76. The van der Waals surface area contributed by atoms with Crippen LogP contribution in [0.15, 0.2) is 18.2 Å². The fourth-order valence-electron chi connectivity index (χ4n) is 2.25. The molecule has 1 aliphatic heterocycles. The van der Waals surface area contributed by atoms with Gasteiger partial charge in [0.05, 0.1) is 11.5 Å². The summed E-state index contributed by atoms with van der Waals surface area (Å²) in [5.41, 5.74) is 0.728. The average Bonchev–Trinajstić information content (AvgIpc) is 2.39. The Morgan fingerprint density at radius 1 is 1.53 bits per heavy atom. The molecule has 104 valence electrons. The van der Waals surface area contributed by atoms with Gasteiger partial charge >= 0.3 is 0 Å². The van der Waals surface area contributed by atoms with Crippen molar-refractivity contribution in [1.82, 2.24) is 5.32 Å². The van der Waals surface area contributed by atoms with Crippen molar-refractivity contribution in [2.24, 2.45) is 5.92 Å². The molecule has 1 saturated heterocycles. The third-order valence-electron chi connectivity index (χ3n) is 3.24. The van der Waals surface area contributed by atoms with Crippen LogP contribution in [0.5, 0.6) is 0 Å². The first-order valence-electron chi connectivity index (χ1n) is 6.38. The molecule has 1 aromatic rings. The Balaban J connectivity index is 1.91. The van der Waals surface area contributed by atoms with Gasteiger partial charge in [-0.2, -0.15) is 0 Å². The maximum Gasteiger partial charge on any atom is 0.273 e. The second-order valence-corrected chi connectivity index (χ2v) is 5.18. The predicted molar refractivity (Wildman–Crippen MR) is 73.4 cm³/mol. The number of benzene rings is 1. The van der Waals surface area contributed by atoms with Gasteiger partial charge in [0, 0.05) is 36.3 Å². The van der Waals surface area contributed by atoms with E-state index < -0.39 is 0 Å². The number of rotatable bonds is 5. The van der Waals surface area contributed by atoms with Crippen molar-refractivity contribution in [2.75, 3.05) is 19.8 Å². The van der Waals surface area contributed by atoms with E-state index in [-0.39, 0.29) is 10.6 Å². The summed E-state index contributed by atoms with van der Waals surface area (Å²) in [4.78, 5) is 10.5. The van der Waals surface area contributed by atoms with Gasteiger partial charge in [-0.3, -0.25) is 10.1 Å². The van der Waals surface area contributed by atoms with Gasteiger partial charge < -0.3 is 10.1 Å². The molecule has 1 atom stereocenters. The van der Waals surface area contributed by atoms with E-state index in [0.717, 1.165) is 32.6 Å². The fourth-order valence-corrected chi connectivity index (χ4v) is 2.45. The zero-order chi connectivity index (χ0) is 13.7. The Labute approximate surface area is 117 Å². The first-order chi connectivity index (χ1) is 9.16. The average molecular weight is 285 g/mol. The summed E-state index contributed by atoms with van der Waals surface area (Å²) in [7, 11) is 0. The number of hydrogen-bond donors (Lipinski definition) is 1. The smallest absolute Gasteiger partial charge is 0.273 e. The molecule has 1 heterocycles. The van der Waals surface area contributed by atoms with Crippen molar-refractivity contribution in [1.29, 1.82) is 0 Å². The molecule has 19 heavy (non-hydrogen) atoms. The van der Waals surface area contributed by atoms with Crippen LogP contribution in [-0.4, -0.2) is 24.7 Å². The number of nitro benzene ring substituents is 1. The molecule has 0 amide bonds. The SMILES string of the molecule is O=[N+]([O-])c1ccc(Cl)cc1CNCC1CCCOC1. The van der Waals surface area contributed by atoms with Crippen molar-refractivity contribution in [3.05, 3.63) is 38.9 Å². The normalized spacial score (nSPS) is 19.3. The van der Waals surface area contributed by atoms with Gasteiger partial charge in [0.25, 0.3) is 5.69 Å². The molecule has 1 unspecified atom stereocenters. The third kappa shape index (κ3) is 4.16. The molecule has 1 fully saturated rings. The summed E-state index contributed by atoms with van der Waals surface area (Å²) in [5.74, 6) is 0.493. The highest BCUT2D eigenvalue weighted by atomic mass is 35.5. The maximum atomic E-state index is 10.9. The summed E-state index contributed by atoms with van der Waals surface area (Å²) < 4.78 is 5.40. The van der Waals surface area contributed by atoms with Crippen LogP contribution >= 0.6 is 11.6 Å². The highest BCUT2D eigenvalue weighted by Crippen LogP contribution is 2.22. The Morgan fingerprint density at radius 2 is 2.37 bits per heavy atom. The van der Waals surface area contributed by atoms with E-state index in [9.17, 15) is 10.1 Å². The molecule has 0 radical (unpaired) electrons. The second kappa shape index (κ2) is 6.84. The number of ether oxygens (including phenoxy) is 1. The Hall–Kier alpha value is -1.17. The van der Waals surface area contributed by atoms with Crippen LogP contribution in [0.3, 0.4) is 0 Å². The van der Waals surface area contributed by atoms with E-state index in [2.05, 4.69) is 5.32 Å². The molecular formula is C13H17ClN2O3. The molecule has 0 bridgehead atoms. The number of nitrogens with one attached hydrogen (secondary N) is 1. The third-order valence-corrected chi connectivity index (χ3v) is 3.48. The predicted octanol–water partition coefficient (Wildman–Crippen LogP) is 2.76. The fraction of sp³-hybridized carbons (Fsp3) is 0.538. The molecular weight excluding hydrogens is 268 g/mol. The molecule has 0 aromatic heterocycles. The molecule has 0 saturated carbocycles. The first kappa shape index (κ1) is 14.2. The summed E-state index contributed by atoms with van der Waals surface area (Å²) in [6.45, 7) is 2.87. The van der Waals surface area contributed by atoms with Crippen molar-refractivity contribution in [3.63, 3.8) is 0 Å². The van der Waals surface area contributed by atoms with Crippen molar-refractivity contribution < 1.29 is 9.66 Å². The monoisotopic (exact) mass is 284 g/mol. The van der Waals surface area contributed by atoms with Crippen LogP contribution in [0, 0.1) is 16.0 Å². The molecule has 1 aromatic carbocycles. The van der Waals surface area contributed by atoms with Crippen molar-refractivity contribution >= 4 is 17.3 Å². The lowest BCUT2D eigenvalue weighted by Gasteiger charge is -2.22. The van der Waals surface area contributed by atoms with Gasteiger partial charge in [0.15, 0.2) is 0 Å². The Kier molecular flexibility index (Phi) is 5.13. The number of nitro groups is 1. The zero-order valence-corrected chi connectivity index (χ0v) is 11.4. The van der Waals surface area contributed by atoms with Crippen molar-refractivity contribution in [3.8, 4) is 0 Å². The standard InChI is InChI=1S/C13H17ClN2O3/c14-12-3-4-13(16(17)18)11(6-12)8-15-7-10-2-1-5-19-9-10/h3-4,6,10,15H,1-2,5,7-9H2. The lowest BCUT2D eigenvalue weighted by atomic mass is 10.0. The molecule has 0 spiro atoms. The quantitative estimate of drug-likeness (QED) is 0.667. The molecule has 2 rings (SSSR count). The topological polar surface area (TPSA) is 64.4 Å². The zero-order valence-electron chi connectivity index (χ0n) is 10.6. The van der Waals surface area contributed by atoms with E-state index in [1.807, 2.05) is 0 Å². The summed E-state index contributed by atoms with van der Waals surface area (Å²) in [5, 5.41) is 14.7. The molecule has 0 aliphatic carbocycles. The Bertz CT molecular complexity index is 448.